The smallest absolute Gasteiger partial charge is 0.251 e. The van der Waals surface area contributed by atoms with Crippen LogP contribution in [0.25, 0.3) is 0 Å². The molecule has 18 heavy (non-hydrogen) atoms. The molecule has 1 atom stereocenters. The minimum atomic E-state index is -0.908. The van der Waals surface area contributed by atoms with E-state index in [1.54, 1.807) is 0 Å². The molecule has 1 fully saturated rings. The Morgan fingerprint density at radius 1 is 1.50 bits per heavy atom. The van der Waals surface area contributed by atoms with Crippen LogP contribution in [0.3, 0.4) is 0 Å². The molecule has 0 aromatic heterocycles. The van der Waals surface area contributed by atoms with E-state index < -0.39 is 5.60 Å². The Morgan fingerprint density at radius 2 is 2.28 bits per heavy atom. The summed E-state index contributed by atoms with van der Waals surface area (Å²) in [6, 6.07) is 5.70. The third kappa shape index (κ3) is 2.89. The van der Waals surface area contributed by atoms with Crippen LogP contribution in [0, 0.1) is 13.8 Å². The van der Waals surface area contributed by atoms with Crippen molar-refractivity contribution < 1.29 is 14.6 Å². The summed E-state index contributed by atoms with van der Waals surface area (Å²) in [5.41, 5.74) is 1.83. The van der Waals surface area contributed by atoms with E-state index in [1.807, 2.05) is 32.0 Å². The molecule has 0 saturated carbocycles. The highest BCUT2D eigenvalue weighted by atomic mass is 16.5. The second-order valence-electron chi connectivity index (χ2n) is 5.03. The van der Waals surface area contributed by atoms with E-state index in [9.17, 15) is 9.90 Å². The van der Waals surface area contributed by atoms with E-state index in [2.05, 4.69) is 5.32 Å². The molecule has 1 aromatic carbocycles. The van der Waals surface area contributed by atoms with E-state index in [-0.39, 0.29) is 12.5 Å². The van der Waals surface area contributed by atoms with Gasteiger partial charge in [0, 0.05) is 25.1 Å². The number of aliphatic hydroxyl groups is 1. The molecule has 0 bridgehead atoms. The first-order valence-corrected chi connectivity index (χ1v) is 6.16. The average Bonchev–Trinajstić information content (AvgIpc) is 2.74. The highest BCUT2D eigenvalue weighted by Crippen LogP contribution is 2.17. The third-order valence-electron chi connectivity index (χ3n) is 3.29. The molecule has 98 valence electrons. The molecule has 4 heteroatoms. The molecule has 4 nitrogen and oxygen atoms in total. The van der Waals surface area contributed by atoms with Gasteiger partial charge in [0.1, 0.15) is 5.60 Å². The van der Waals surface area contributed by atoms with Crippen molar-refractivity contribution >= 4 is 5.91 Å². The molecule has 1 saturated heterocycles. The summed E-state index contributed by atoms with van der Waals surface area (Å²) < 4.78 is 5.14. The molecule has 1 unspecified atom stereocenters. The second-order valence-corrected chi connectivity index (χ2v) is 5.03. The zero-order valence-electron chi connectivity index (χ0n) is 10.8. The Labute approximate surface area is 107 Å². The second kappa shape index (κ2) is 5.08. The molecular formula is C14H19NO3. The maximum absolute atomic E-state index is 12.0. The van der Waals surface area contributed by atoms with Crippen LogP contribution < -0.4 is 5.32 Å². The standard InChI is InChI=1S/C14H19NO3/c1-10-3-4-12(11(2)7-10)13(16)15-8-14(17)5-6-18-9-14/h3-4,7,17H,5-6,8-9H2,1-2H3,(H,15,16). The number of aryl methyl sites for hydroxylation is 2. The Kier molecular flexibility index (Phi) is 3.68. The van der Waals surface area contributed by atoms with Crippen LogP contribution in [-0.4, -0.2) is 36.4 Å². The minimum absolute atomic E-state index is 0.146. The van der Waals surface area contributed by atoms with Crippen molar-refractivity contribution in [2.75, 3.05) is 19.8 Å². The number of carbonyl (C=O) groups is 1. The zero-order chi connectivity index (χ0) is 13.2. The van der Waals surface area contributed by atoms with Gasteiger partial charge in [-0.2, -0.15) is 0 Å². The van der Waals surface area contributed by atoms with Gasteiger partial charge in [0.05, 0.1) is 6.61 Å². The third-order valence-corrected chi connectivity index (χ3v) is 3.29. The highest BCUT2D eigenvalue weighted by molar-refractivity contribution is 5.95. The van der Waals surface area contributed by atoms with Crippen LogP contribution >= 0.6 is 0 Å². The molecule has 1 amide bonds. The van der Waals surface area contributed by atoms with Crippen LogP contribution in [0.1, 0.15) is 27.9 Å². The van der Waals surface area contributed by atoms with Gasteiger partial charge in [0.2, 0.25) is 0 Å². The van der Waals surface area contributed by atoms with Crippen LogP contribution in [0.5, 0.6) is 0 Å². The first-order chi connectivity index (χ1) is 8.50. The Balaban J connectivity index is 1.99. The predicted molar refractivity (Wildman–Crippen MR) is 68.6 cm³/mol. The van der Waals surface area contributed by atoms with E-state index in [0.717, 1.165) is 11.1 Å². The van der Waals surface area contributed by atoms with Crippen molar-refractivity contribution in [2.24, 2.45) is 0 Å². The largest absolute Gasteiger partial charge is 0.386 e. The molecule has 1 heterocycles. The lowest BCUT2D eigenvalue weighted by Gasteiger charge is -2.20. The molecule has 1 aromatic rings. The van der Waals surface area contributed by atoms with Crippen molar-refractivity contribution in [2.45, 2.75) is 25.9 Å². The molecule has 0 radical (unpaired) electrons. The number of amides is 1. The topological polar surface area (TPSA) is 58.6 Å². The Morgan fingerprint density at radius 3 is 2.89 bits per heavy atom. The van der Waals surface area contributed by atoms with Crippen molar-refractivity contribution in [3.63, 3.8) is 0 Å². The van der Waals surface area contributed by atoms with Crippen molar-refractivity contribution in [1.82, 2.24) is 5.32 Å². The van der Waals surface area contributed by atoms with Gasteiger partial charge in [-0.3, -0.25) is 4.79 Å². The van der Waals surface area contributed by atoms with E-state index in [1.165, 1.54) is 0 Å². The summed E-state index contributed by atoms with van der Waals surface area (Å²) in [6.07, 6.45) is 0.570. The Bertz CT molecular complexity index is 450. The predicted octanol–water partition coefficient (Wildman–Crippen LogP) is 1.18. The van der Waals surface area contributed by atoms with Crippen molar-refractivity contribution in [3.8, 4) is 0 Å². The van der Waals surface area contributed by atoms with Crippen LogP contribution in [0.4, 0.5) is 0 Å². The lowest BCUT2D eigenvalue weighted by Crippen LogP contribution is -2.43. The summed E-state index contributed by atoms with van der Waals surface area (Å²) in [7, 11) is 0. The summed E-state index contributed by atoms with van der Waals surface area (Å²) >= 11 is 0. The summed E-state index contributed by atoms with van der Waals surface area (Å²) in [6.45, 7) is 4.98. The number of rotatable bonds is 3. The Hall–Kier alpha value is -1.39. The lowest BCUT2D eigenvalue weighted by molar-refractivity contribution is 0.0264. The zero-order valence-corrected chi connectivity index (χ0v) is 10.8. The monoisotopic (exact) mass is 249 g/mol. The highest BCUT2D eigenvalue weighted by Gasteiger charge is 2.32. The number of benzene rings is 1. The van der Waals surface area contributed by atoms with Gasteiger partial charge in [-0.25, -0.2) is 0 Å². The van der Waals surface area contributed by atoms with Crippen LogP contribution in [0.15, 0.2) is 18.2 Å². The molecule has 2 rings (SSSR count). The maximum Gasteiger partial charge on any atom is 0.251 e. The first kappa shape index (κ1) is 13.1. The van der Waals surface area contributed by atoms with E-state index in [4.69, 9.17) is 4.74 Å². The molecular weight excluding hydrogens is 230 g/mol. The average molecular weight is 249 g/mol. The minimum Gasteiger partial charge on any atom is -0.386 e. The van der Waals surface area contributed by atoms with E-state index >= 15 is 0 Å². The number of hydrogen-bond acceptors (Lipinski definition) is 3. The van der Waals surface area contributed by atoms with Crippen LogP contribution in [0.2, 0.25) is 0 Å². The van der Waals surface area contributed by atoms with Gasteiger partial charge in [-0.15, -0.1) is 0 Å². The maximum atomic E-state index is 12.0. The number of nitrogens with one attached hydrogen (secondary N) is 1. The molecule has 2 N–H and O–H groups in total. The van der Waals surface area contributed by atoms with Gasteiger partial charge in [0.25, 0.3) is 5.91 Å². The van der Waals surface area contributed by atoms with Gasteiger partial charge in [-0.05, 0) is 25.5 Å². The molecule has 0 spiro atoms. The summed E-state index contributed by atoms with van der Waals surface area (Å²) in [5, 5.41) is 12.8. The van der Waals surface area contributed by atoms with Gasteiger partial charge >= 0.3 is 0 Å². The normalized spacial score (nSPS) is 23.1. The number of hydrogen-bond donors (Lipinski definition) is 2. The lowest BCUT2D eigenvalue weighted by atomic mass is 10.0. The number of ether oxygens (including phenoxy) is 1. The first-order valence-electron chi connectivity index (χ1n) is 6.16. The van der Waals surface area contributed by atoms with Gasteiger partial charge in [0.15, 0.2) is 0 Å². The van der Waals surface area contributed by atoms with Crippen molar-refractivity contribution in [1.29, 1.82) is 0 Å². The van der Waals surface area contributed by atoms with Crippen LogP contribution in [-0.2, 0) is 4.74 Å². The SMILES string of the molecule is Cc1ccc(C(=O)NCC2(O)CCOC2)c(C)c1. The molecule has 0 aliphatic carbocycles. The fourth-order valence-corrected chi connectivity index (χ4v) is 2.14. The summed E-state index contributed by atoms with van der Waals surface area (Å²) in [4.78, 5) is 12.0. The van der Waals surface area contributed by atoms with Gasteiger partial charge in [-0.1, -0.05) is 17.7 Å². The fourth-order valence-electron chi connectivity index (χ4n) is 2.14. The van der Waals surface area contributed by atoms with Gasteiger partial charge < -0.3 is 15.2 Å². The molecule has 1 aliphatic rings. The fraction of sp³-hybridized carbons (Fsp3) is 0.500. The summed E-state index contributed by atoms with van der Waals surface area (Å²) in [5.74, 6) is -0.146. The molecule has 1 aliphatic heterocycles. The van der Waals surface area contributed by atoms with Crippen molar-refractivity contribution in [3.05, 3.63) is 34.9 Å². The number of carbonyl (C=O) groups excluding carboxylic acids is 1. The van der Waals surface area contributed by atoms with E-state index in [0.29, 0.717) is 25.2 Å². The quantitative estimate of drug-likeness (QED) is 0.846.